The lowest BCUT2D eigenvalue weighted by atomic mass is 10.3. The highest BCUT2D eigenvalue weighted by Crippen LogP contribution is 2.16. The number of sulfonamides is 1. The molecule has 3 aromatic rings. The molecule has 0 amide bonds. The lowest BCUT2D eigenvalue weighted by Gasteiger charge is -2.05. The topological polar surface area (TPSA) is 98.0 Å². The Morgan fingerprint density at radius 3 is 2.62 bits per heavy atom. The minimum Gasteiger partial charge on any atom is -0.421 e. The summed E-state index contributed by atoms with van der Waals surface area (Å²) in [6.07, 6.45) is 3.45. The Morgan fingerprint density at radius 1 is 1.12 bits per heavy atom. The maximum Gasteiger partial charge on any atom is 0.249 e. The predicted octanol–water partition coefficient (Wildman–Crippen LogP) is 1.79. The van der Waals surface area contributed by atoms with Gasteiger partial charge in [0.05, 0.1) is 10.5 Å². The highest BCUT2D eigenvalue weighted by Gasteiger charge is 2.14. The number of benzene rings is 1. The molecule has 0 atom stereocenters. The van der Waals surface area contributed by atoms with Gasteiger partial charge in [0.15, 0.2) is 0 Å². The van der Waals surface area contributed by atoms with Crippen LogP contribution in [0.2, 0.25) is 0 Å². The molecule has 24 heavy (non-hydrogen) atoms. The van der Waals surface area contributed by atoms with Crippen molar-refractivity contribution >= 4 is 10.0 Å². The fraction of sp³-hybridized carbons (Fsp3) is 0.133. The largest absolute Gasteiger partial charge is 0.421 e. The van der Waals surface area contributed by atoms with Crippen LogP contribution >= 0.6 is 0 Å². The van der Waals surface area contributed by atoms with E-state index in [1.54, 1.807) is 24.5 Å². The Hall–Kier alpha value is -2.65. The van der Waals surface area contributed by atoms with Gasteiger partial charge in [0.2, 0.25) is 21.8 Å². The maximum absolute atomic E-state index is 12.8. The second-order valence-corrected chi connectivity index (χ2v) is 6.61. The van der Waals surface area contributed by atoms with Gasteiger partial charge in [-0.3, -0.25) is 4.98 Å². The van der Waals surface area contributed by atoms with E-state index >= 15 is 0 Å². The quantitative estimate of drug-likeness (QED) is 0.729. The summed E-state index contributed by atoms with van der Waals surface area (Å²) in [6, 6.07) is 8.10. The van der Waals surface area contributed by atoms with E-state index in [-0.39, 0.29) is 17.9 Å². The molecule has 0 fully saturated rings. The Bertz CT molecular complexity index is 911. The fourth-order valence-corrected chi connectivity index (χ4v) is 2.98. The molecule has 2 heterocycles. The molecule has 3 rings (SSSR count). The number of aromatic nitrogens is 3. The van der Waals surface area contributed by atoms with Gasteiger partial charge < -0.3 is 4.42 Å². The van der Waals surface area contributed by atoms with E-state index < -0.39 is 15.8 Å². The number of nitrogens with one attached hydrogen (secondary N) is 1. The minimum atomic E-state index is -3.71. The summed E-state index contributed by atoms with van der Waals surface area (Å²) in [6.45, 7) is 0.0778. The van der Waals surface area contributed by atoms with Gasteiger partial charge in [-0.25, -0.2) is 17.5 Å². The van der Waals surface area contributed by atoms with E-state index in [1.165, 1.54) is 12.1 Å². The van der Waals surface area contributed by atoms with E-state index in [2.05, 4.69) is 19.9 Å². The summed E-state index contributed by atoms with van der Waals surface area (Å²) in [5, 5.41) is 7.76. The number of rotatable bonds is 6. The van der Waals surface area contributed by atoms with Gasteiger partial charge in [-0.15, -0.1) is 10.2 Å². The SMILES string of the molecule is O=S(=O)(NCCc1nnc(-c2cccnc2)o1)c1ccc(F)cc1. The molecule has 0 aliphatic heterocycles. The normalized spacial score (nSPS) is 11.5. The molecule has 0 spiro atoms. The standard InChI is InChI=1S/C15H13FN4O3S/c16-12-3-5-13(6-4-12)24(21,22)18-9-7-14-19-20-15(23-14)11-2-1-8-17-10-11/h1-6,8,10,18H,7,9H2. The third-order valence-electron chi connectivity index (χ3n) is 3.13. The van der Waals surface area contributed by atoms with Crippen LogP contribution < -0.4 is 4.72 Å². The zero-order valence-electron chi connectivity index (χ0n) is 12.4. The summed E-state index contributed by atoms with van der Waals surface area (Å²) in [7, 11) is -3.71. The van der Waals surface area contributed by atoms with Gasteiger partial charge in [-0.2, -0.15) is 0 Å². The molecule has 1 N–H and O–H groups in total. The van der Waals surface area contributed by atoms with Crippen molar-refractivity contribution in [3.05, 3.63) is 60.5 Å². The molecular weight excluding hydrogens is 335 g/mol. The van der Waals surface area contributed by atoms with E-state index in [0.29, 0.717) is 17.3 Å². The Morgan fingerprint density at radius 2 is 1.92 bits per heavy atom. The zero-order chi connectivity index (χ0) is 17.0. The van der Waals surface area contributed by atoms with E-state index in [0.717, 1.165) is 12.1 Å². The van der Waals surface area contributed by atoms with Crippen LogP contribution in [0.5, 0.6) is 0 Å². The molecular formula is C15H13FN4O3S. The monoisotopic (exact) mass is 348 g/mol. The van der Waals surface area contributed by atoms with Crippen LogP contribution in [0.1, 0.15) is 5.89 Å². The summed E-state index contributed by atoms with van der Waals surface area (Å²) in [5.41, 5.74) is 0.683. The first-order valence-corrected chi connectivity index (χ1v) is 8.51. The zero-order valence-corrected chi connectivity index (χ0v) is 13.2. The van der Waals surface area contributed by atoms with Gasteiger partial charge in [0, 0.05) is 25.4 Å². The van der Waals surface area contributed by atoms with Gasteiger partial charge in [-0.1, -0.05) is 0 Å². The minimum absolute atomic E-state index is 0.00882. The van der Waals surface area contributed by atoms with E-state index in [9.17, 15) is 12.8 Å². The number of hydrogen-bond donors (Lipinski definition) is 1. The average Bonchev–Trinajstić information content (AvgIpc) is 3.05. The highest BCUT2D eigenvalue weighted by atomic mass is 32.2. The Labute approximate surface area is 137 Å². The van der Waals surface area contributed by atoms with Crippen LogP contribution in [-0.2, 0) is 16.4 Å². The Kier molecular flexibility index (Phi) is 4.63. The molecule has 1 aromatic carbocycles. The average molecular weight is 348 g/mol. The van der Waals surface area contributed by atoms with Crippen molar-refractivity contribution in [2.24, 2.45) is 0 Å². The van der Waals surface area contributed by atoms with Crippen molar-refractivity contribution in [3.8, 4) is 11.5 Å². The number of hydrogen-bond acceptors (Lipinski definition) is 6. The predicted molar refractivity (Wildman–Crippen MR) is 82.8 cm³/mol. The van der Waals surface area contributed by atoms with Crippen molar-refractivity contribution in [1.82, 2.24) is 19.9 Å². The summed E-state index contributed by atoms with van der Waals surface area (Å²) in [4.78, 5) is 3.95. The van der Waals surface area contributed by atoms with Crippen molar-refractivity contribution in [3.63, 3.8) is 0 Å². The molecule has 0 saturated heterocycles. The first-order chi connectivity index (χ1) is 11.5. The number of nitrogens with zero attached hydrogens (tertiary/aromatic N) is 3. The van der Waals surface area contributed by atoms with Crippen LogP contribution in [0.4, 0.5) is 4.39 Å². The summed E-state index contributed by atoms with van der Waals surface area (Å²) in [5.74, 6) is 0.123. The number of halogens is 1. The van der Waals surface area contributed by atoms with Gasteiger partial charge in [0.1, 0.15) is 5.82 Å². The van der Waals surface area contributed by atoms with Gasteiger partial charge in [0.25, 0.3) is 0 Å². The third kappa shape index (κ3) is 3.81. The van der Waals surface area contributed by atoms with Crippen LogP contribution in [0.15, 0.2) is 58.1 Å². The third-order valence-corrected chi connectivity index (χ3v) is 4.61. The van der Waals surface area contributed by atoms with Crippen LogP contribution in [-0.4, -0.2) is 30.1 Å². The highest BCUT2D eigenvalue weighted by molar-refractivity contribution is 7.89. The molecule has 0 aliphatic rings. The second-order valence-electron chi connectivity index (χ2n) is 4.84. The molecule has 9 heteroatoms. The van der Waals surface area contributed by atoms with E-state index in [1.807, 2.05) is 0 Å². The second kappa shape index (κ2) is 6.85. The maximum atomic E-state index is 12.8. The first-order valence-electron chi connectivity index (χ1n) is 7.02. The fourth-order valence-electron chi connectivity index (χ4n) is 1.95. The molecule has 0 saturated carbocycles. The molecule has 0 bridgehead atoms. The summed E-state index contributed by atoms with van der Waals surface area (Å²) >= 11 is 0. The van der Waals surface area contributed by atoms with Crippen LogP contribution in [0, 0.1) is 5.82 Å². The molecule has 0 unspecified atom stereocenters. The van der Waals surface area contributed by atoms with Crippen molar-refractivity contribution in [1.29, 1.82) is 0 Å². The molecule has 124 valence electrons. The van der Waals surface area contributed by atoms with Crippen molar-refractivity contribution in [2.75, 3.05) is 6.54 Å². The lowest BCUT2D eigenvalue weighted by Crippen LogP contribution is -2.26. The van der Waals surface area contributed by atoms with E-state index in [4.69, 9.17) is 4.42 Å². The van der Waals surface area contributed by atoms with Crippen LogP contribution in [0.3, 0.4) is 0 Å². The number of pyridine rings is 1. The van der Waals surface area contributed by atoms with Crippen molar-refractivity contribution in [2.45, 2.75) is 11.3 Å². The summed E-state index contributed by atoms with van der Waals surface area (Å²) < 4.78 is 44.8. The molecule has 2 aromatic heterocycles. The van der Waals surface area contributed by atoms with Crippen molar-refractivity contribution < 1.29 is 17.2 Å². The van der Waals surface area contributed by atoms with Gasteiger partial charge in [-0.05, 0) is 36.4 Å². The Balaban J connectivity index is 1.60. The molecule has 0 radical (unpaired) electrons. The van der Waals surface area contributed by atoms with Gasteiger partial charge >= 0.3 is 0 Å². The molecule has 7 nitrogen and oxygen atoms in total. The first kappa shape index (κ1) is 16.2. The lowest BCUT2D eigenvalue weighted by molar-refractivity contribution is 0.501. The smallest absolute Gasteiger partial charge is 0.249 e. The molecule has 0 aliphatic carbocycles. The van der Waals surface area contributed by atoms with Crippen LogP contribution in [0.25, 0.3) is 11.5 Å².